The maximum absolute atomic E-state index is 5.87. The minimum Gasteiger partial charge on any atom is -0.382 e. The molecule has 106 valence electrons. The van der Waals surface area contributed by atoms with Crippen LogP contribution in [0.2, 0.25) is 0 Å². The van der Waals surface area contributed by atoms with E-state index in [9.17, 15) is 0 Å². The van der Waals surface area contributed by atoms with Crippen LogP contribution in [0, 0.1) is 0 Å². The van der Waals surface area contributed by atoms with Gasteiger partial charge in [0.05, 0.1) is 6.33 Å². The number of nitrogens with two attached hydrogens (primary N) is 1. The van der Waals surface area contributed by atoms with E-state index >= 15 is 0 Å². The Labute approximate surface area is 119 Å². The van der Waals surface area contributed by atoms with E-state index in [-0.39, 0.29) is 0 Å². The van der Waals surface area contributed by atoms with Crippen molar-refractivity contribution < 1.29 is 0 Å². The molecule has 0 radical (unpaired) electrons. The molecule has 20 heavy (non-hydrogen) atoms. The van der Waals surface area contributed by atoms with Gasteiger partial charge in [0.15, 0.2) is 11.5 Å². The second-order valence-corrected chi connectivity index (χ2v) is 5.20. The number of fused-ring (bicyclic) bond motifs is 1. The number of nitrogens with zero attached hydrogens (tertiary/aromatic N) is 3. The maximum atomic E-state index is 5.87. The van der Waals surface area contributed by atoms with E-state index in [0.717, 1.165) is 12.8 Å². The highest BCUT2D eigenvalue weighted by atomic mass is 15.0. The molecule has 0 aromatic carbocycles. The number of nitrogen functional groups attached to an aromatic ring is 1. The molecule has 0 aliphatic rings. The number of anilines is 1. The van der Waals surface area contributed by atoms with Crippen LogP contribution in [0.5, 0.6) is 0 Å². The highest BCUT2D eigenvalue weighted by molar-refractivity contribution is 5.80. The average molecular weight is 271 g/mol. The van der Waals surface area contributed by atoms with Crippen molar-refractivity contribution in [3.05, 3.63) is 35.4 Å². The van der Waals surface area contributed by atoms with Gasteiger partial charge in [-0.1, -0.05) is 23.3 Å². The zero-order valence-corrected chi connectivity index (χ0v) is 12.3. The fourth-order valence-corrected chi connectivity index (χ4v) is 1.95. The van der Waals surface area contributed by atoms with Crippen LogP contribution in [0.3, 0.4) is 0 Å². The molecule has 0 saturated carbocycles. The van der Waals surface area contributed by atoms with Crippen LogP contribution >= 0.6 is 0 Å². The molecule has 2 aromatic rings. The van der Waals surface area contributed by atoms with E-state index in [1.54, 1.807) is 6.33 Å². The quantitative estimate of drug-likeness (QED) is 0.818. The van der Waals surface area contributed by atoms with E-state index in [2.05, 4.69) is 52.9 Å². The molecule has 2 aromatic heterocycles. The Kier molecular flexibility index (Phi) is 4.50. The summed E-state index contributed by atoms with van der Waals surface area (Å²) in [6.07, 6.45) is 8.82. The SMILES string of the molecule is CC(C)=CCC/C(C)=C/Cc1nc(N)c2[nH]cnc2n1. The van der Waals surface area contributed by atoms with Crippen LogP contribution in [0.25, 0.3) is 11.2 Å². The molecular formula is C15H21N5. The number of hydrogen-bond acceptors (Lipinski definition) is 4. The summed E-state index contributed by atoms with van der Waals surface area (Å²) in [7, 11) is 0. The largest absolute Gasteiger partial charge is 0.382 e. The first-order chi connectivity index (χ1) is 9.56. The summed E-state index contributed by atoms with van der Waals surface area (Å²) in [4.78, 5) is 15.7. The van der Waals surface area contributed by atoms with Crippen molar-refractivity contribution in [1.29, 1.82) is 0 Å². The van der Waals surface area contributed by atoms with Gasteiger partial charge in [-0.05, 0) is 33.6 Å². The smallest absolute Gasteiger partial charge is 0.183 e. The summed E-state index contributed by atoms with van der Waals surface area (Å²) in [6.45, 7) is 6.37. The molecule has 0 saturated heterocycles. The zero-order chi connectivity index (χ0) is 14.5. The van der Waals surface area contributed by atoms with Gasteiger partial charge in [-0.25, -0.2) is 15.0 Å². The van der Waals surface area contributed by atoms with E-state index in [0.29, 0.717) is 29.2 Å². The van der Waals surface area contributed by atoms with Gasteiger partial charge in [-0.2, -0.15) is 0 Å². The topological polar surface area (TPSA) is 80.5 Å². The van der Waals surface area contributed by atoms with E-state index in [4.69, 9.17) is 5.73 Å². The predicted molar refractivity (Wildman–Crippen MR) is 82.2 cm³/mol. The molecule has 0 atom stereocenters. The standard InChI is InChI=1S/C15H21N5/c1-10(2)5-4-6-11(3)7-8-12-19-14(16)13-15(20-12)18-9-17-13/h5,7,9H,4,6,8H2,1-3H3,(H3,16,17,18,19,20)/b11-7+. The van der Waals surface area contributed by atoms with Crippen LogP contribution < -0.4 is 5.73 Å². The highest BCUT2D eigenvalue weighted by Crippen LogP contribution is 2.14. The normalized spacial score (nSPS) is 11.8. The Morgan fingerprint density at radius 3 is 2.80 bits per heavy atom. The van der Waals surface area contributed by atoms with Gasteiger partial charge in [0.2, 0.25) is 0 Å². The molecule has 2 rings (SSSR count). The molecule has 0 aliphatic heterocycles. The number of allylic oxidation sites excluding steroid dienone is 4. The average Bonchev–Trinajstić information content (AvgIpc) is 2.84. The molecule has 0 fully saturated rings. The first-order valence-electron chi connectivity index (χ1n) is 6.80. The van der Waals surface area contributed by atoms with Crippen LogP contribution in [0.15, 0.2) is 29.6 Å². The molecule has 2 heterocycles. The predicted octanol–water partition coefficient (Wildman–Crippen LogP) is 3.17. The Balaban J connectivity index is 2.02. The zero-order valence-electron chi connectivity index (χ0n) is 12.3. The third kappa shape index (κ3) is 3.66. The molecular weight excluding hydrogens is 250 g/mol. The second kappa shape index (κ2) is 6.32. The van der Waals surface area contributed by atoms with Crippen molar-refractivity contribution in [2.24, 2.45) is 0 Å². The van der Waals surface area contributed by atoms with Crippen molar-refractivity contribution in [2.45, 2.75) is 40.0 Å². The third-order valence-electron chi connectivity index (χ3n) is 3.08. The van der Waals surface area contributed by atoms with Gasteiger partial charge in [-0.15, -0.1) is 0 Å². The summed E-state index contributed by atoms with van der Waals surface area (Å²) < 4.78 is 0. The lowest BCUT2D eigenvalue weighted by molar-refractivity contribution is 0.939. The highest BCUT2D eigenvalue weighted by Gasteiger charge is 2.06. The summed E-state index contributed by atoms with van der Waals surface area (Å²) in [5, 5.41) is 0. The summed E-state index contributed by atoms with van der Waals surface area (Å²) in [6, 6.07) is 0. The molecule has 3 N–H and O–H groups in total. The first kappa shape index (κ1) is 14.2. The molecule has 0 aliphatic carbocycles. The lowest BCUT2D eigenvalue weighted by atomic mass is 10.1. The molecule has 0 unspecified atom stereocenters. The minimum absolute atomic E-state index is 0.457. The number of H-pyrrole nitrogens is 1. The number of rotatable bonds is 5. The number of aromatic nitrogens is 4. The summed E-state index contributed by atoms with van der Waals surface area (Å²) >= 11 is 0. The van der Waals surface area contributed by atoms with Crippen molar-refractivity contribution in [1.82, 2.24) is 19.9 Å². The molecule has 0 bridgehead atoms. The number of imidazole rings is 1. The van der Waals surface area contributed by atoms with Gasteiger partial charge >= 0.3 is 0 Å². The van der Waals surface area contributed by atoms with Gasteiger partial charge in [0.25, 0.3) is 0 Å². The molecule has 0 spiro atoms. The van der Waals surface area contributed by atoms with Gasteiger partial charge in [-0.3, -0.25) is 0 Å². The monoisotopic (exact) mass is 271 g/mol. The van der Waals surface area contributed by atoms with Crippen molar-refractivity contribution >= 4 is 17.0 Å². The van der Waals surface area contributed by atoms with Crippen LogP contribution in [-0.2, 0) is 6.42 Å². The lowest BCUT2D eigenvalue weighted by Gasteiger charge is -2.01. The number of nitrogens with one attached hydrogen (secondary N) is 1. The van der Waals surface area contributed by atoms with E-state index in [1.165, 1.54) is 11.1 Å². The maximum Gasteiger partial charge on any atom is 0.183 e. The van der Waals surface area contributed by atoms with Crippen LogP contribution in [-0.4, -0.2) is 19.9 Å². The van der Waals surface area contributed by atoms with Crippen molar-refractivity contribution in [3.8, 4) is 0 Å². The fraction of sp³-hybridized carbons (Fsp3) is 0.400. The Bertz CT molecular complexity index is 647. The van der Waals surface area contributed by atoms with Crippen molar-refractivity contribution in [3.63, 3.8) is 0 Å². The second-order valence-electron chi connectivity index (χ2n) is 5.20. The van der Waals surface area contributed by atoms with Gasteiger partial charge in [0.1, 0.15) is 11.3 Å². The fourth-order valence-electron chi connectivity index (χ4n) is 1.95. The van der Waals surface area contributed by atoms with Gasteiger partial charge in [0, 0.05) is 6.42 Å². The Morgan fingerprint density at radius 1 is 1.25 bits per heavy atom. The molecule has 0 amide bonds. The Morgan fingerprint density at radius 2 is 2.05 bits per heavy atom. The summed E-state index contributed by atoms with van der Waals surface area (Å²) in [5.74, 6) is 1.17. The van der Waals surface area contributed by atoms with Crippen molar-refractivity contribution in [2.75, 3.05) is 5.73 Å². The third-order valence-corrected chi connectivity index (χ3v) is 3.08. The molecule has 5 nitrogen and oxygen atoms in total. The van der Waals surface area contributed by atoms with Crippen LogP contribution in [0.4, 0.5) is 5.82 Å². The van der Waals surface area contributed by atoms with E-state index < -0.39 is 0 Å². The first-order valence-corrected chi connectivity index (χ1v) is 6.80. The number of aromatic amines is 1. The van der Waals surface area contributed by atoms with Gasteiger partial charge < -0.3 is 10.7 Å². The summed E-state index contributed by atoms with van der Waals surface area (Å²) in [5.41, 5.74) is 9.90. The number of hydrogen-bond donors (Lipinski definition) is 2. The molecule has 5 heteroatoms. The van der Waals surface area contributed by atoms with E-state index in [1.807, 2.05) is 0 Å². The van der Waals surface area contributed by atoms with Crippen LogP contribution in [0.1, 0.15) is 39.4 Å². The minimum atomic E-state index is 0.457. The Hall–Kier alpha value is -2.17. The lowest BCUT2D eigenvalue weighted by Crippen LogP contribution is -2.00.